The summed E-state index contributed by atoms with van der Waals surface area (Å²) in [6, 6.07) is 10.2. The van der Waals surface area contributed by atoms with Gasteiger partial charge in [0.2, 0.25) is 11.8 Å². The lowest BCUT2D eigenvalue weighted by atomic mass is 9.95. The van der Waals surface area contributed by atoms with E-state index in [0.717, 1.165) is 45.7 Å². The first-order valence-corrected chi connectivity index (χ1v) is 10.1. The monoisotopic (exact) mass is 371 g/mol. The maximum atomic E-state index is 12.9. The molecule has 1 aliphatic carbocycles. The smallest absolute Gasteiger partial charge is 0.225 e. The lowest BCUT2D eigenvalue weighted by Gasteiger charge is -2.35. The van der Waals surface area contributed by atoms with Crippen LogP contribution in [0.3, 0.4) is 0 Å². The van der Waals surface area contributed by atoms with E-state index in [1.807, 2.05) is 23.1 Å². The van der Waals surface area contributed by atoms with Crippen LogP contribution in [0, 0.1) is 5.92 Å². The molecule has 2 aliphatic heterocycles. The molecule has 4 rings (SSSR count). The lowest BCUT2D eigenvalue weighted by Crippen LogP contribution is -2.50. The Hall–Kier alpha value is -1.92. The Labute approximate surface area is 160 Å². The van der Waals surface area contributed by atoms with Gasteiger partial charge in [-0.1, -0.05) is 30.3 Å². The van der Waals surface area contributed by atoms with Crippen LogP contribution in [-0.4, -0.2) is 67.6 Å². The zero-order chi connectivity index (χ0) is 18.7. The van der Waals surface area contributed by atoms with Gasteiger partial charge in [0.15, 0.2) is 0 Å². The highest BCUT2D eigenvalue weighted by Gasteiger charge is 2.46. The maximum Gasteiger partial charge on any atom is 0.225 e. The third kappa shape index (κ3) is 4.33. The molecule has 1 aromatic rings. The molecule has 3 fully saturated rings. The molecule has 0 bridgehead atoms. The normalized spacial score (nSPS) is 25.3. The number of morpholine rings is 1. The Kier molecular flexibility index (Phi) is 5.45. The fourth-order valence-electron chi connectivity index (χ4n) is 4.14. The van der Waals surface area contributed by atoms with Crippen molar-refractivity contribution in [2.24, 2.45) is 5.92 Å². The van der Waals surface area contributed by atoms with Crippen molar-refractivity contribution in [1.29, 1.82) is 0 Å². The van der Waals surface area contributed by atoms with E-state index in [1.165, 1.54) is 5.56 Å². The topological polar surface area (TPSA) is 61.9 Å². The minimum atomic E-state index is -0.182. The fraction of sp³-hybridized carbons (Fsp3) is 0.619. The third-order valence-electron chi connectivity index (χ3n) is 6.10. The predicted octanol–water partition coefficient (Wildman–Crippen LogP) is 1.36. The molecule has 0 spiro atoms. The highest BCUT2D eigenvalue weighted by atomic mass is 16.5. The second-order valence-electron chi connectivity index (χ2n) is 7.97. The fourth-order valence-corrected chi connectivity index (χ4v) is 4.14. The molecule has 146 valence electrons. The van der Waals surface area contributed by atoms with Crippen LogP contribution in [0.5, 0.6) is 0 Å². The van der Waals surface area contributed by atoms with Gasteiger partial charge in [-0.25, -0.2) is 0 Å². The average Bonchev–Trinajstić information content (AvgIpc) is 3.49. The van der Waals surface area contributed by atoms with E-state index < -0.39 is 0 Å². The van der Waals surface area contributed by atoms with E-state index in [4.69, 9.17) is 4.74 Å². The quantitative estimate of drug-likeness (QED) is 0.820. The highest BCUT2D eigenvalue weighted by Crippen LogP contribution is 2.45. The Morgan fingerprint density at radius 3 is 2.59 bits per heavy atom. The Morgan fingerprint density at radius 2 is 1.89 bits per heavy atom. The summed E-state index contributed by atoms with van der Waals surface area (Å²) in [5.41, 5.74) is 1.01. The van der Waals surface area contributed by atoms with E-state index in [-0.39, 0.29) is 23.3 Å². The summed E-state index contributed by atoms with van der Waals surface area (Å²) < 4.78 is 5.37. The molecule has 2 saturated heterocycles. The molecule has 27 heavy (non-hydrogen) atoms. The minimum Gasteiger partial charge on any atom is -0.379 e. The molecule has 2 heterocycles. The summed E-state index contributed by atoms with van der Waals surface area (Å²) in [4.78, 5) is 29.4. The maximum absolute atomic E-state index is 12.9. The standard InChI is InChI=1S/C21H29N3O3/c25-19-7-6-17(16-24(19)11-10-23-12-14-27-15-13-23)20(26)22-21(8-9-21)18-4-2-1-3-5-18/h1-5,17H,6-16H2,(H,22,26). The minimum absolute atomic E-state index is 0.0974. The second kappa shape index (κ2) is 7.98. The molecule has 2 amide bonds. The number of likely N-dealkylation sites (tertiary alicyclic amines) is 1. The molecule has 1 atom stereocenters. The van der Waals surface area contributed by atoms with Crippen molar-refractivity contribution in [2.45, 2.75) is 31.2 Å². The van der Waals surface area contributed by atoms with Crippen LogP contribution in [-0.2, 0) is 19.9 Å². The van der Waals surface area contributed by atoms with Crippen molar-refractivity contribution in [3.63, 3.8) is 0 Å². The van der Waals surface area contributed by atoms with Crippen LogP contribution < -0.4 is 5.32 Å². The number of carbonyl (C=O) groups is 2. The zero-order valence-electron chi connectivity index (χ0n) is 15.9. The molecular weight excluding hydrogens is 342 g/mol. The molecule has 0 aromatic heterocycles. The first-order valence-electron chi connectivity index (χ1n) is 10.1. The summed E-state index contributed by atoms with van der Waals surface area (Å²) in [6.07, 6.45) is 3.12. The van der Waals surface area contributed by atoms with Gasteiger partial charge in [0, 0.05) is 39.1 Å². The summed E-state index contributed by atoms with van der Waals surface area (Å²) >= 11 is 0. The van der Waals surface area contributed by atoms with Crippen LogP contribution in [0.4, 0.5) is 0 Å². The van der Waals surface area contributed by atoms with Gasteiger partial charge in [-0.3, -0.25) is 14.5 Å². The molecule has 1 saturated carbocycles. The average molecular weight is 371 g/mol. The van der Waals surface area contributed by atoms with Gasteiger partial charge >= 0.3 is 0 Å². The van der Waals surface area contributed by atoms with Crippen LogP contribution >= 0.6 is 0 Å². The van der Waals surface area contributed by atoms with Gasteiger partial charge in [-0.05, 0) is 24.8 Å². The first-order chi connectivity index (χ1) is 13.2. The Bertz CT molecular complexity index is 669. The van der Waals surface area contributed by atoms with Gasteiger partial charge in [0.25, 0.3) is 0 Å². The summed E-state index contributed by atoms with van der Waals surface area (Å²) in [5, 5.41) is 3.29. The van der Waals surface area contributed by atoms with E-state index >= 15 is 0 Å². The summed E-state index contributed by atoms with van der Waals surface area (Å²) in [5.74, 6) is 0.172. The Morgan fingerprint density at radius 1 is 1.15 bits per heavy atom. The van der Waals surface area contributed by atoms with Crippen molar-refractivity contribution in [2.75, 3.05) is 45.9 Å². The van der Waals surface area contributed by atoms with E-state index in [2.05, 4.69) is 22.3 Å². The largest absolute Gasteiger partial charge is 0.379 e. The van der Waals surface area contributed by atoms with Gasteiger partial charge in [0.05, 0.1) is 24.7 Å². The molecule has 3 aliphatic rings. The van der Waals surface area contributed by atoms with Gasteiger partial charge in [-0.2, -0.15) is 0 Å². The van der Waals surface area contributed by atoms with Crippen molar-refractivity contribution >= 4 is 11.8 Å². The summed E-state index contributed by atoms with van der Waals surface area (Å²) in [6.45, 7) is 5.47. The number of amides is 2. The predicted molar refractivity (Wildman–Crippen MR) is 102 cm³/mol. The van der Waals surface area contributed by atoms with E-state index in [0.29, 0.717) is 25.9 Å². The van der Waals surface area contributed by atoms with Gasteiger partial charge in [-0.15, -0.1) is 0 Å². The number of piperidine rings is 1. The second-order valence-corrected chi connectivity index (χ2v) is 7.97. The number of rotatable bonds is 6. The number of ether oxygens (including phenoxy) is 1. The molecule has 6 nitrogen and oxygen atoms in total. The number of nitrogens with zero attached hydrogens (tertiary/aromatic N) is 2. The summed E-state index contributed by atoms with van der Waals surface area (Å²) in [7, 11) is 0. The van der Waals surface area contributed by atoms with E-state index in [9.17, 15) is 9.59 Å². The number of nitrogens with one attached hydrogen (secondary N) is 1. The number of hydrogen-bond donors (Lipinski definition) is 1. The van der Waals surface area contributed by atoms with Crippen molar-refractivity contribution in [3.05, 3.63) is 35.9 Å². The van der Waals surface area contributed by atoms with Crippen LogP contribution in [0.1, 0.15) is 31.2 Å². The molecular formula is C21H29N3O3. The zero-order valence-corrected chi connectivity index (χ0v) is 15.9. The SMILES string of the molecule is O=C(NC1(c2ccccc2)CC1)C1CCC(=O)N(CCN2CCOCC2)C1. The Balaban J connectivity index is 1.32. The number of benzene rings is 1. The van der Waals surface area contributed by atoms with Crippen LogP contribution in [0.25, 0.3) is 0 Å². The van der Waals surface area contributed by atoms with Crippen molar-refractivity contribution in [3.8, 4) is 0 Å². The van der Waals surface area contributed by atoms with Gasteiger partial charge in [0.1, 0.15) is 0 Å². The van der Waals surface area contributed by atoms with Gasteiger partial charge < -0.3 is 15.0 Å². The van der Waals surface area contributed by atoms with Crippen molar-refractivity contribution in [1.82, 2.24) is 15.1 Å². The van der Waals surface area contributed by atoms with E-state index in [1.54, 1.807) is 0 Å². The molecule has 0 radical (unpaired) electrons. The van der Waals surface area contributed by atoms with Crippen LogP contribution in [0.2, 0.25) is 0 Å². The molecule has 1 unspecified atom stereocenters. The molecule has 1 aromatic carbocycles. The van der Waals surface area contributed by atoms with Crippen LogP contribution in [0.15, 0.2) is 30.3 Å². The lowest BCUT2D eigenvalue weighted by molar-refractivity contribution is -0.138. The first kappa shape index (κ1) is 18.4. The van der Waals surface area contributed by atoms with Crippen molar-refractivity contribution < 1.29 is 14.3 Å². The molecule has 1 N–H and O–H groups in total. The third-order valence-corrected chi connectivity index (χ3v) is 6.10. The highest BCUT2D eigenvalue weighted by molar-refractivity contribution is 5.84. The number of hydrogen-bond acceptors (Lipinski definition) is 4. The molecule has 6 heteroatoms. The number of carbonyl (C=O) groups excluding carboxylic acids is 2.